The van der Waals surface area contributed by atoms with E-state index in [1.165, 1.54) is 43.7 Å². The van der Waals surface area contributed by atoms with E-state index in [1.807, 2.05) is 10.3 Å². The first-order valence-corrected chi connectivity index (χ1v) is 7.70. The minimum Gasteiger partial charge on any atom is -0.336 e. The fourth-order valence-corrected chi connectivity index (χ4v) is 3.55. The number of aromatic nitrogens is 1. The molecule has 3 heterocycles. The summed E-state index contributed by atoms with van der Waals surface area (Å²) in [5.74, 6) is 0.111. The zero-order valence-corrected chi connectivity index (χ0v) is 11.4. The van der Waals surface area contributed by atoms with E-state index in [0.29, 0.717) is 11.7 Å². The summed E-state index contributed by atoms with van der Waals surface area (Å²) in [5, 5.41) is 1.85. The molecule has 1 unspecified atom stereocenters. The van der Waals surface area contributed by atoms with E-state index in [0.717, 1.165) is 19.5 Å². The predicted molar refractivity (Wildman–Crippen MR) is 71.8 cm³/mol. The molecule has 0 saturated carbocycles. The van der Waals surface area contributed by atoms with Crippen LogP contribution in [0.15, 0.2) is 10.9 Å². The maximum Gasteiger partial charge on any atom is 0.273 e. The number of rotatable bonds is 2. The van der Waals surface area contributed by atoms with Crippen LogP contribution in [0.4, 0.5) is 0 Å². The number of piperidine rings is 1. The largest absolute Gasteiger partial charge is 0.336 e. The van der Waals surface area contributed by atoms with Crippen molar-refractivity contribution in [1.29, 1.82) is 0 Å². The summed E-state index contributed by atoms with van der Waals surface area (Å²) in [6, 6.07) is 0.573. The highest BCUT2D eigenvalue weighted by Gasteiger charge is 2.29. The van der Waals surface area contributed by atoms with Crippen molar-refractivity contribution >= 4 is 17.2 Å². The van der Waals surface area contributed by atoms with E-state index in [-0.39, 0.29) is 5.91 Å². The van der Waals surface area contributed by atoms with Gasteiger partial charge < -0.3 is 4.90 Å². The molecule has 2 fully saturated rings. The molecule has 3 rings (SSSR count). The van der Waals surface area contributed by atoms with E-state index < -0.39 is 0 Å². The predicted octanol–water partition coefficient (Wildman–Crippen LogP) is 1.84. The number of carbonyl (C=O) groups excluding carboxylic acids is 1. The first-order chi connectivity index (χ1) is 8.84. The Balaban J connectivity index is 1.64. The second kappa shape index (κ2) is 5.36. The molecule has 0 N–H and O–H groups in total. The number of nitrogens with zero attached hydrogens (tertiary/aromatic N) is 3. The molecule has 0 aliphatic carbocycles. The van der Waals surface area contributed by atoms with Gasteiger partial charge in [0.25, 0.3) is 5.91 Å². The van der Waals surface area contributed by atoms with Gasteiger partial charge in [-0.2, -0.15) is 0 Å². The minimum absolute atomic E-state index is 0.111. The average Bonchev–Trinajstić information content (AvgIpc) is 3.11. The molecule has 98 valence electrons. The molecule has 2 aliphatic heterocycles. The van der Waals surface area contributed by atoms with Gasteiger partial charge in [0.15, 0.2) is 0 Å². The molecule has 0 aromatic carbocycles. The summed E-state index contributed by atoms with van der Waals surface area (Å²) >= 11 is 1.49. The third kappa shape index (κ3) is 2.42. The molecule has 5 heteroatoms. The third-order valence-corrected chi connectivity index (χ3v) is 4.58. The normalized spacial score (nSPS) is 25.6. The molecular formula is C13H19N3OS. The van der Waals surface area contributed by atoms with Crippen LogP contribution in [0.2, 0.25) is 0 Å². The van der Waals surface area contributed by atoms with Crippen LogP contribution >= 0.6 is 11.3 Å². The van der Waals surface area contributed by atoms with Gasteiger partial charge in [0, 0.05) is 24.5 Å². The van der Waals surface area contributed by atoms with Crippen molar-refractivity contribution in [1.82, 2.24) is 14.8 Å². The Morgan fingerprint density at radius 3 is 2.83 bits per heavy atom. The summed E-state index contributed by atoms with van der Waals surface area (Å²) in [5.41, 5.74) is 2.34. The Hall–Kier alpha value is -0.940. The van der Waals surface area contributed by atoms with Gasteiger partial charge >= 0.3 is 0 Å². The maximum absolute atomic E-state index is 12.3. The van der Waals surface area contributed by atoms with Crippen LogP contribution < -0.4 is 0 Å². The van der Waals surface area contributed by atoms with Crippen molar-refractivity contribution in [2.75, 3.05) is 26.2 Å². The highest BCUT2D eigenvalue weighted by atomic mass is 32.1. The molecule has 1 aromatic heterocycles. The Morgan fingerprint density at radius 2 is 2.11 bits per heavy atom. The second-order valence-corrected chi connectivity index (χ2v) is 5.88. The van der Waals surface area contributed by atoms with Crippen molar-refractivity contribution in [2.45, 2.75) is 31.7 Å². The fraction of sp³-hybridized carbons (Fsp3) is 0.692. The maximum atomic E-state index is 12.3. The lowest BCUT2D eigenvalue weighted by Gasteiger charge is -2.37. The van der Waals surface area contributed by atoms with Crippen LogP contribution in [-0.4, -0.2) is 52.9 Å². The summed E-state index contributed by atoms with van der Waals surface area (Å²) in [4.78, 5) is 20.9. The van der Waals surface area contributed by atoms with Gasteiger partial charge in [0.05, 0.1) is 5.51 Å². The molecule has 4 nitrogen and oxygen atoms in total. The van der Waals surface area contributed by atoms with Gasteiger partial charge in [-0.25, -0.2) is 4.98 Å². The molecule has 0 bridgehead atoms. The Morgan fingerprint density at radius 1 is 1.28 bits per heavy atom. The summed E-state index contributed by atoms with van der Waals surface area (Å²) < 4.78 is 0. The van der Waals surface area contributed by atoms with Crippen molar-refractivity contribution in [2.24, 2.45) is 0 Å². The SMILES string of the molecule is O=C(c1cscn1)N1CCCC(N2CCCC2)C1. The smallest absolute Gasteiger partial charge is 0.273 e. The number of carbonyl (C=O) groups is 1. The molecule has 2 aliphatic rings. The summed E-state index contributed by atoms with van der Waals surface area (Å²) in [6.45, 7) is 4.20. The van der Waals surface area contributed by atoms with Gasteiger partial charge in [0.2, 0.25) is 0 Å². The highest BCUT2D eigenvalue weighted by Crippen LogP contribution is 2.21. The van der Waals surface area contributed by atoms with Gasteiger partial charge in [-0.1, -0.05) is 0 Å². The van der Waals surface area contributed by atoms with Gasteiger partial charge in [0.1, 0.15) is 5.69 Å². The van der Waals surface area contributed by atoms with Crippen molar-refractivity contribution in [3.05, 3.63) is 16.6 Å². The van der Waals surface area contributed by atoms with Gasteiger partial charge in [-0.3, -0.25) is 9.69 Å². The van der Waals surface area contributed by atoms with Crippen molar-refractivity contribution < 1.29 is 4.79 Å². The Labute approximate surface area is 112 Å². The van der Waals surface area contributed by atoms with Crippen LogP contribution in [0.25, 0.3) is 0 Å². The molecule has 0 radical (unpaired) electrons. The Kier molecular flexibility index (Phi) is 3.61. The van der Waals surface area contributed by atoms with E-state index in [4.69, 9.17) is 0 Å². The monoisotopic (exact) mass is 265 g/mol. The third-order valence-electron chi connectivity index (χ3n) is 3.99. The molecule has 1 amide bonds. The molecule has 1 atom stereocenters. The first-order valence-electron chi connectivity index (χ1n) is 6.76. The lowest BCUT2D eigenvalue weighted by molar-refractivity contribution is 0.0603. The molecular weight excluding hydrogens is 246 g/mol. The summed E-state index contributed by atoms with van der Waals surface area (Å²) in [7, 11) is 0. The van der Waals surface area contributed by atoms with Crippen molar-refractivity contribution in [3.63, 3.8) is 0 Å². The Bertz CT molecular complexity index is 400. The van der Waals surface area contributed by atoms with Crippen LogP contribution in [0.1, 0.15) is 36.2 Å². The number of likely N-dealkylation sites (tertiary alicyclic amines) is 2. The minimum atomic E-state index is 0.111. The molecule has 0 spiro atoms. The number of amides is 1. The number of hydrogen-bond donors (Lipinski definition) is 0. The lowest BCUT2D eigenvalue weighted by atomic mass is 10.0. The first kappa shape index (κ1) is 12.1. The molecule has 18 heavy (non-hydrogen) atoms. The van der Waals surface area contributed by atoms with Crippen LogP contribution in [0.5, 0.6) is 0 Å². The van der Waals surface area contributed by atoms with Crippen LogP contribution in [-0.2, 0) is 0 Å². The van der Waals surface area contributed by atoms with Crippen molar-refractivity contribution in [3.8, 4) is 0 Å². The van der Waals surface area contributed by atoms with E-state index >= 15 is 0 Å². The van der Waals surface area contributed by atoms with Gasteiger partial charge in [-0.15, -0.1) is 11.3 Å². The highest BCUT2D eigenvalue weighted by molar-refractivity contribution is 7.07. The number of thiazole rings is 1. The van der Waals surface area contributed by atoms with E-state index in [2.05, 4.69) is 9.88 Å². The standard InChI is InChI=1S/C13H19N3OS/c17-13(12-9-18-10-14-12)16-7-3-4-11(8-16)15-5-1-2-6-15/h9-11H,1-8H2. The van der Waals surface area contributed by atoms with Crippen LogP contribution in [0, 0.1) is 0 Å². The van der Waals surface area contributed by atoms with Crippen LogP contribution in [0.3, 0.4) is 0 Å². The van der Waals surface area contributed by atoms with Gasteiger partial charge in [-0.05, 0) is 38.8 Å². The zero-order valence-electron chi connectivity index (χ0n) is 10.5. The van der Waals surface area contributed by atoms with E-state index in [1.54, 1.807) is 5.51 Å². The average molecular weight is 265 g/mol. The topological polar surface area (TPSA) is 36.4 Å². The van der Waals surface area contributed by atoms with E-state index in [9.17, 15) is 4.79 Å². The lowest BCUT2D eigenvalue weighted by Crippen LogP contribution is -2.49. The molecule has 1 aromatic rings. The molecule has 2 saturated heterocycles. The summed E-state index contributed by atoms with van der Waals surface area (Å²) in [6.07, 6.45) is 4.99. The quantitative estimate of drug-likeness (QED) is 0.819. The zero-order chi connectivity index (χ0) is 12.4. The second-order valence-electron chi connectivity index (χ2n) is 5.16. The number of hydrogen-bond acceptors (Lipinski definition) is 4. The fourth-order valence-electron chi connectivity index (χ4n) is 3.02.